The molecule has 5 nitrogen and oxygen atoms in total. The molecule has 0 amide bonds. The van der Waals surface area contributed by atoms with E-state index in [4.69, 9.17) is 4.98 Å². The van der Waals surface area contributed by atoms with Crippen LogP contribution in [0.15, 0.2) is 43.0 Å². The number of rotatable bonds is 5. The second-order valence-electron chi connectivity index (χ2n) is 5.80. The van der Waals surface area contributed by atoms with E-state index in [2.05, 4.69) is 25.6 Å². The molecule has 5 heteroatoms. The fraction of sp³-hybridized carbons (Fsp3) is 0.263. The third-order valence-electron chi connectivity index (χ3n) is 3.96. The quantitative estimate of drug-likeness (QED) is 0.722. The van der Waals surface area contributed by atoms with Gasteiger partial charge in [-0.05, 0) is 38.5 Å². The molecule has 24 heavy (non-hydrogen) atoms. The summed E-state index contributed by atoms with van der Waals surface area (Å²) in [7, 11) is 2.03. The predicted octanol–water partition coefficient (Wildman–Crippen LogP) is 3.53. The van der Waals surface area contributed by atoms with Crippen molar-refractivity contribution < 1.29 is 0 Å². The molecule has 0 bridgehead atoms. The van der Waals surface area contributed by atoms with Crippen LogP contribution in [-0.2, 0) is 13.5 Å². The van der Waals surface area contributed by atoms with Gasteiger partial charge >= 0.3 is 0 Å². The smallest absolute Gasteiger partial charge is 0.109 e. The fourth-order valence-electron chi connectivity index (χ4n) is 2.45. The normalized spacial score (nSPS) is 11.3. The van der Waals surface area contributed by atoms with Gasteiger partial charge in [0.15, 0.2) is 0 Å². The Morgan fingerprint density at radius 3 is 2.75 bits per heavy atom. The largest absolute Gasteiger partial charge is 0.337 e. The van der Waals surface area contributed by atoms with Crippen molar-refractivity contribution in [1.82, 2.24) is 24.5 Å². The lowest BCUT2D eigenvalue weighted by Crippen LogP contribution is -1.96. The fourth-order valence-corrected chi connectivity index (χ4v) is 2.45. The summed E-state index contributed by atoms with van der Waals surface area (Å²) in [6.07, 6.45) is 13.4. The first-order valence-corrected chi connectivity index (χ1v) is 8.03. The minimum Gasteiger partial charge on any atom is -0.337 e. The monoisotopic (exact) mass is 319 g/mol. The Morgan fingerprint density at radius 1 is 1.12 bits per heavy atom. The van der Waals surface area contributed by atoms with Crippen LogP contribution in [0, 0.1) is 13.8 Å². The molecule has 0 spiro atoms. The van der Waals surface area contributed by atoms with Gasteiger partial charge in [-0.2, -0.15) is 0 Å². The van der Waals surface area contributed by atoms with Crippen LogP contribution in [0.1, 0.15) is 29.3 Å². The minimum absolute atomic E-state index is 0.880. The number of hydrogen-bond acceptors (Lipinski definition) is 4. The summed E-state index contributed by atoms with van der Waals surface area (Å²) < 4.78 is 2.08. The van der Waals surface area contributed by atoms with E-state index in [1.807, 2.05) is 51.5 Å². The molecule has 0 saturated carbocycles. The standard InChI is InChI=1S/C19H21N5/c1-14-15(2)22-17(12-21-14)8-4-5-9-19-23-18(13-24(19)3)16-7-6-10-20-11-16/h4,6-8,10-13H,5,9H2,1-3H3/b8-4+. The van der Waals surface area contributed by atoms with Gasteiger partial charge in [0.05, 0.1) is 29.0 Å². The Morgan fingerprint density at radius 2 is 2.00 bits per heavy atom. The van der Waals surface area contributed by atoms with Gasteiger partial charge in [0.2, 0.25) is 0 Å². The maximum Gasteiger partial charge on any atom is 0.109 e. The molecular weight excluding hydrogens is 298 g/mol. The summed E-state index contributed by atoms with van der Waals surface area (Å²) in [5.41, 5.74) is 4.85. The Bertz CT molecular complexity index is 849. The maximum absolute atomic E-state index is 4.71. The second kappa shape index (κ2) is 7.17. The summed E-state index contributed by atoms with van der Waals surface area (Å²) in [5, 5.41) is 0. The number of nitrogens with zero attached hydrogens (tertiary/aromatic N) is 5. The topological polar surface area (TPSA) is 56.5 Å². The third kappa shape index (κ3) is 3.74. The molecule has 0 aliphatic carbocycles. The van der Waals surface area contributed by atoms with Crippen LogP contribution in [0.3, 0.4) is 0 Å². The van der Waals surface area contributed by atoms with E-state index in [1.165, 1.54) is 0 Å². The predicted molar refractivity (Wildman–Crippen MR) is 95.3 cm³/mol. The molecule has 0 aliphatic rings. The highest BCUT2D eigenvalue weighted by Gasteiger charge is 2.06. The summed E-state index contributed by atoms with van der Waals surface area (Å²) in [6, 6.07) is 3.95. The van der Waals surface area contributed by atoms with E-state index in [9.17, 15) is 0 Å². The van der Waals surface area contributed by atoms with Gasteiger partial charge < -0.3 is 4.57 Å². The molecule has 122 valence electrons. The average molecular weight is 319 g/mol. The maximum atomic E-state index is 4.71. The van der Waals surface area contributed by atoms with Gasteiger partial charge in [-0.15, -0.1) is 0 Å². The van der Waals surface area contributed by atoms with Crippen LogP contribution in [-0.4, -0.2) is 24.5 Å². The first-order chi connectivity index (χ1) is 11.6. The molecule has 0 atom stereocenters. The van der Waals surface area contributed by atoms with Crippen molar-refractivity contribution in [2.24, 2.45) is 7.05 Å². The molecule has 3 aromatic rings. The molecule has 0 radical (unpaired) electrons. The Hall–Kier alpha value is -2.82. The number of imidazole rings is 1. The molecule has 0 aliphatic heterocycles. The van der Waals surface area contributed by atoms with Crippen molar-refractivity contribution in [3.8, 4) is 11.3 Å². The highest BCUT2D eigenvalue weighted by Crippen LogP contribution is 2.17. The number of hydrogen-bond donors (Lipinski definition) is 0. The van der Waals surface area contributed by atoms with Crippen LogP contribution in [0.4, 0.5) is 0 Å². The van der Waals surface area contributed by atoms with Crippen LogP contribution in [0.2, 0.25) is 0 Å². The van der Waals surface area contributed by atoms with Crippen molar-refractivity contribution >= 4 is 6.08 Å². The van der Waals surface area contributed by atoms with Crippen LogP contribution in [0.5, 0.6) is 0 Å². The lowest BCUT2D eigenvalue weighted by Gasteiger charge is -2.00. The highest BCUT2D eigenvalue weighted by molar-refractivity contribution is 5.57. The van der Waals surface area contributed by atoms with Crippen molar-refractivity contribution in [2.75, 3.05) is 0 Å². The zero-order valence-corrected chi connectivity index (χ0v) is 14.3. The van der Waals surface area contributed by atoms with Crippen LogP contribution in [0.25, 0.3) is 17.3 Å². The van der Waals surface area contributed by atoms with Gasteiger partial charge in [-0.3, -0.25) is 15.0 Å². The SMILES string of the molecule is Cc1ncc(/C=C/CCc2nc(-c3cccnc3)cn2C)nc1C. The summed E-state index contributed by atoms with van der Waals surface area (Å²) in [5.74, 6) is 1.06. The van der Waals surface area contributed by atoms with Crippen molar-refractivity contribution in [2.45, 2.75) is 26.7 Å². The second-order valence-corrected chi connectivity index (χ2v) is 5.80. The lowest BCUT2D eigenvalue weighted by atomic mass is 10.2. The summed E-state index contributed by atoms with van der Waals surface area (Å²) in [4.78, 5) is 17.7. The van der Waals surface area contributed by atoms with Gasteiger partial charge in [-0.1, -0.05) is 6.08 Å². The van der Waals surface area contributed by atoms with E-state index >= 15 is 0 Å². The Kier molecular flexibility index (Phi) is 4.79. The average Bonchev–Trinajstić information content (AvgIpc) is 2.96. The van der Waals surface area contributed by atoms with Crippen molar-refractivity contribution in [1.29, 1.82) is 0 Å². The van der Waals surface area contributed by atoms with Gasteiger partial charge in [0, 0.05) is 37.6 Å². The van der Waals surface area contributed by atoms with E-state index < -0.39 is 0 Å². The molecule has 3 aromatic heterocycles. The zero-order chi connectivity index (χ0) is 16.9. The summed E-state index contributed by atoms with van der Waals surface area (Å²) >= 11 is 0. The molecular formula is C19H21N5. The van der Waals surface area contributed by atoms with Gasteiger partial charge in [0.25, 0.3) is 0 Å². The lowest BCUT2D eigenvalue weighted by molar-refractivity contribution is 0.781. The molecule has 3 rings (SSSR count). The Labute approximate surface area is 142 Å². The first-order valence-electron chi connectivity index (χ1n) is 8.03. The first kappa shape index (κ1) is 16.1. The molecule has 0 fully saturated rings. The summed E-state index contributed by atoms with van der Waals surface area (Å²) in [6.45, 7) is 3.95. The number of pyridine rings is 1. The number of allylic oxidation sites excluding steroid dienone is 1. The van der Waals surface area contributed by atoms with Crippen LogP contribution < -0.4 is 0 Å². The van der Waals surface area contributed by atoms with E-state index in [1.54, 1.807) is 12.4 Å². The Balaban J connectivity index is 1.63. The third-order valence-corrected chi connectivity index (χ3v) is 3.96. The van der Waals surface area contributed by atoms with Crippen molar-refractivity contribution in [3.05, 3.63) is 65.9 Å². The molecule has 0 aromatic carbocycles. The molecule has 3 heterocycles. The molecule has 0 unspecified atom stereocenters. The van der Waals surface area contributed by atoms with E-state index in [0.717, 1.165) is 47.0 Å². The van der Waals surface area contributed by atoms with Crippen LogP contribution >= 0.6 is 0 Å². The molecule has 0 N–H and O–H groups in total. The zero-order valence-electron chi connectivity index (χ0n) is 14.3. The molecule has 0 saturated heterocycles. The van der Waals surface area contributed by atoms with Gasteiger partial charge in [0.1, 0.15) is 5.82 Å². The number of aryl methyl sites for hydroxylation is 4. The van der Waals surface area contributed by atoms with E-state index in [0.29, 0.717) is 0 Å². The number of aromatic nitrogens is 5. The highest BCUT2D eigenvalue weighted by atomic mass is 15.0. The van der Waals surface area contributed by atoms with Gasteiger partial charge in [-0.25, -0.2) is 4.98 Å². The minimum atomic E-state index is 0.880. The van der Waals surface area contributed by atoms with E-state index in [-0.39, 0.29) is 0 Å². The van der Waals surface area contributed by atoms with Crippen molar-refractivity contribution in [3.63, 3.8) is 0 Å².